The fraction of sp³-hybridized carbons (Fsp3) is 0.273. The number of hydrogen-bond acceptors (Lipinski definition) is 3. The molecule has 5 heteroatoms. The molecule has 0 fully saturated rings. The third-order valence-electron chi connectivity index (χ3n) is 2.68. The van der Waals surface area contributed by atoms with Gasteiger partial charge in [-0.05, 0) is 6.07 Å². The Hall–Kier alpha value is -1.88. The third-order valence-corrected chi connectivity index (χ3v) is 2.68. The molecule has 0 aromatic heterocycles. The number of rotatable bonds is 2. The minimum absolute atomic E-state index is 0.0139. The molecular weight excluding hydrogens is 206 g/mol. The van der Waals surface area contributed by atoms with Gasteiger partial charge < -0.3 is 16.0 Å². The molecule has 16 heavy (non-hydrogen) atoms. The van der Waals surface area contributed by atoms with Gasteiger partial charge >= 0.3 is 0 Å². The molecule has 0 radical (unpaired) electrons. The van der Waals surface area contributed by atoms with Gasteiger partial charge in [0, 0.05) is 18.3 Å². The highest BCUT2D eigenvalue weighted by Crippen LogP contribution is 2.33. The van der Waals surface area contributed by atoms with Crippen molar-refractivity contribution in [3.05, 3.63) is 29.8 Å². The Morgan fingerprint density at radius 3 is 2.88 bits per heavy atom. The molecule has 0 aliphatic carbocycles. The number of nitrogens with one attached hydrogen (secondary N) is 1. The molecular formula is C11H13N3O2. The topological polar surface area (TPSA) is 75.4 Å². The van der Waals surface area contributed by atoms with Crippen molar-refractivity contribution in [2.75, 3.05) is 18.5 Å². The molecule has 1 aromatic rings. The fourth-order valence-corrected chi connectivity index (χ4v) is 1.80. The zero-order valence-electron chi connectivity index (χ0n) is 8.93. The largest absolute Gasteiger partial charge is 0.358 e. The average Bonchev–Trinajstić information content (AvgIpc) is 2.55. The number of nitrogens with two attached hydrogens (primary N) is 1. The van der Waals surface area contributed by atoms with Gasteiger partial charge in [-0.3, -0.25) is 9.59 Å². The van der Waals surface area contributed by atoms with Crippen LogP contribution in [0.5, 0.6) is 0 Å². The molecule has 84 valence electrons. The molecule has 2 amide bonds. The lowest BCUT2D eigenvalue weighted by molar-refractivity contribution is -0.123. The van der Waals surface area contributed by atoms with Crippen LogP contribution in [0.15, 0.2) is 24.3 Å². The predicted octanol–water partition coefficient (Wildman–Crippen LogP) is -0.221. The van der Waals surface area contributed by atoms with E-state index in [0.29, 0.717) is 0 Å². The van der Waals surface area contributed by atoms with E-state index in [0.717, 1.165) is 11.3 Å². The van der Waals surface area contributed by atoms with Crippen LogP contribution in [0.1, 0.15) is 11.6 Å². The predicted molar refractivity (Wildman–Crippen MR) is 59.8 cm³/mol. The van der Waals surface area contributed by atoms with Crippen molar-refractivity contribution in [1.82, 2.24) is 5.32 Å². The third kappa shape index (κ3) is 1.55. The van der Waals surface area contributed by atoms with Crippen LogP contribution >= 0.6 is 0 Å². The van der Waals surface area contributed by atoms with Crippen LogP contribution in [-0.2, 0) is 9.59 Å². The molecule has 0 saturated heterocycles. The normalized spacial score (nSPS) is 18.5. The van der Waals surface area contributed by atoms with Crippen molar-refractivity contribution in [2.24, 2.45) is 5.73 Å². The molecule has 1 aromatic carbocycles. The van der Waals surface area contributed by atoms with E-state index in [4.69, 9.17) is 5.73 Å². The molecule has 1 heterocycles. The monoisotopic (exact) mass is 219 g/mol. The summed E-state index contributed by atoms with van der Waals surface area (Å²) in [6.07, 6.45) is 0. The maximum Gasteiger partial charge on any atom is 0.249 e. The van der Waals surface area contributed by atoms with Crippen LogP contribution in [0.25, 0.3) is 0 Å². The Bertz CT molecular complexity index is 445. The summed E-state index contributed by atoms with van der Waals surface area (Å²) < 4.78 is 0. The van der Waals surface area contributed by atoms with Crippen molar-refractivity contribution >= 4 is 17.5 Å². The van der Waals surface area contributed by atoms with Crippen LogP contribution in [0, 0.1) is 0 Å². The van der Waals surface area contributed by atoms with Crippen LogP contribution in [0.3, 0.4) is 0 Å². The summed E-state index contributed by atoms with van der Waals surface area (Å²) in [6, 6.07) is 6.60. The minimum atomic E-state index is -0.652. The van der Waals surface area contributed by atoms with E-state index < -0.39 is 6.04 Å². The van der Waals surface area contributed by atoms with Gasteiger partial charge in [0.1, 0.15) is 12.6 Å². The van der Waals surface area contributed by atoms with Gasteiger partial charge in [-0.25, -0.2) is 0 Å². The summed E-state index contributed by atoms with van der Waals surface area (Å²) in [7, 11) is 1.54. The molecule has 0 bridgehead atoms. The number of fused-ring (bicyclic) bond motifs is 1. The molecule has 0 saturated carbocycles. The van der Waals surface area contributed by atoms with E-state index in [9.17, 15) is 9.59 Å². The van der Waals surface area contributed by atoms with E-state index >= 15 is 0 Å². The van der Waals surface area contributed by atoms with Gasteiger partial charge in [-0.1, -0.05) is 18.2 Å². The molecule has 1 aliphatic heterocycles. The van der Waals surface area contributed by atoms with Crippen molar-refractivity contribution in [2.45, 2.75) is 6.04 Å². The average molecular weight is 219 g/mol. The van der Waals surface area contributed by atoms with E-state index in [1.54, 1.807) is 6.07 Å². The molecule has 1 atom stereocenters. The van der Waals surface area contributed by atoms with Crippen LogP contribution in [0.2, 0.25) is 0 Å². The maximum atomic E-state index is 11.8. The first kappa shape index (κ1) is 10.6. The lowest BCUT2D eigenvalue weighted by Gasteiger charge is -2.16. The fourth-order valence-electron chi connectivity index (χ4n) is 1.80. The smallest absolute Gasteiger partial charge is 0.249 e. The molecule has 2 rings (SSSR count). The number of amides is 2. The summed E-state index contributed by atoms with van der Waals surface area (Å²) >= 11 is 0. The number of carbonyl (C=O) groups is 2. The number of anilines is 1. The van der Waals surface area contributed by atoms with Gasteiger partial charge in [-0.15, -0.1) is 0 Å². The zero-order valence-corrected chi connectivity index (χ0v) is 8.93. The second-order valence-corrected chi connectivity index (χ2v) is 3.63. The van der Waals surface area contributed by atoms with Gasteiger partial charge in [0.15, 0.2) is 0 Å². The van der Waals surface area contributed by atoms with Crippen molar-refractivity contribution < 1.29 is 9.59 Å². The van der Waals surface area contributed by atoms with Crippen molar-refractivity contribution in [3.63, 3.8) is 0 Å². The second-order valence-electron chi connectivity index (χ2n) is 3.63. The van der Waals surface area contributed by atoms with Gasteiger partial charge in [0.2, 0.25) is 11.8 Å². The Labute approximate surface area is 93.2 Å². The van der Waals surface area contributed by atoms with Crippen LogP contribution in [0.4, 0.5) is 5.69 Å². The highest BCUT2D eigenvalue weighted by atomic mass is 16.2. The molecule has 1 unspecified atom stereocenters. The number of nitrogens with zero attached hydrogens (tertiary/aromatic N) is 1. The lowest BCUT2D eigenvalue weighted by Crippen LogP contribution is -2.39. The quantitative estimate of drug-likeness (QED) is 0.722. The Kier molecular flexibility index (Phi) is 2.62. The second kappa shape index (κ2) is 3.94. The highest BCUT2D eigenvalue weighted by molar-refractivity contribution is 6.07. The van der Waals surface area contributed by atoms with Gasteiger partial charge in [-0.2, -0.15) is 0 Å². The summed E-state index contributed by atoms with van der Waals surface area (Å²) in [6.45, 7) is 0.0139. The summed E-state index contributed by atoms with van der Waals surface area (Å²) in [5, 5.41) is 2.48. The first-order valence-corrected chi connectivity index (χ1v) is 5.01. The number of benzene rings is 1. The van der Waals surface area contributed by atoms with E-state index in [-0.39, 0.29) is 18.4 Å². The van der Waals surface area contributed by atoms with Gasteiger partial charge in [0.05, 0.1) is 0 Å². The Morgan fingerprint density at radius 1 is 1.50 bits per heavy atom. The number of hydrogen-bond donors (Lipinski definition) is 2. The molecule has 1 aliphatic rings. The van der Waals surface area contributed by atoms with Gasteiger partial charge in [0.25, 0.3) is 0 Å². The first-order chi connectivity index (χ1) is 7.65. The molecule has 3 N–H and O–H groups in total. The van der Waals surface area contributed by atoms with E-state index in [1.165, 1.54) is 11.9 Å². The Balaban J connectivity index is 2.34. The van der Waals surface area contributed by atoms with Crippen molar-refractivity contribution in [3.8, 4) is 0 Å². The summed E-state index contributed by atoms with van der Waals surface area (Å²) in [5.74, 6) is -0.443. The lowest BCUT2D eigenvalue weighted by atomic mass is 10.1. The van der Waals surface area contributed by atoms with Crippen LogP contribution < -0.4 is 16.0 Å². The first-order valence-electron chi connectivity index (χ1n) is 5.01. The van der Waals surface area contributed by atoms with Crippen molar-refractivity contribution in [1.29, 1.82) is 0 Å². The molecule has 0 spiro atoms. The van der Waals surface area contributed by atoms with E-state index in [2.05, 4.69) is 5.32 Å². The summed E-state index contributed by atoms with van der Waals surface area (Å²) in [5.41, 5.74) is 7.27. The SMILES string of the molecule is CNC(=O)CN1C(=O)C(N)c2ccccc21. The standard InChI is InChI=1S/C11H13N3O2/c1-13-9(15)6-14-8-5-3-2-4-7(8)10(12)11(14)16/h2-5,10H,6,12H2,1H3,(H,13,15). The van der Waals surface area contributed by atoms with Crippen LogP contribution in [-0.4, -0.2) is 25.4 Å². The maximum absolute atomic E-state index is 11.8. The minimum Gasteiger partial charge on any atom is -0.358 e. The molecule has 5 nitrogen and oxygen atoms in total. The summed E-state index contributed by atoms with van der Waals surface area (Å²) in [4.78, 5) is 24.5. The highest BCUT2D eigenvalue weighted by Gasteiger charge is 2.35. The van der Waals surface area contributed by atoms with E-state index in [1.807, 2.05) is 18.2 Å². The number of likely N-dealkylation sites (N-methyl/N-ethyl adjacent to an activating group) is 1. The zero-order chi connectivity index (χ0) is 11.7. The number of para-hydroxylation sites is 1. The Morgan fingerprint density at radius 2 is 2.19 bits per heavy atom. The number of carbonyl (C=O) groups excluding carboxylic acids is 2.